The number of rotatable bonds is 2. The predicted octanol–water partition coefficient (Wildman–Crippen LogP) is 4.23. The lowest BCUT2D eigenvalue weighted by Crippen LogP contribution is -1.96. The Labute approximate surface area is 107 Å². The zero-order chi connectivity index (χ0) is 11.8. The predicted molar refractivity (Wildman–Crippen MR) is 69.6 cm³/mol. The molecule has 1 atom stereocenters. The van der Waals surface area contributed by atoms with Crippen molar-refractivity contribution in [2.75, 3.05) is 0 Å². The molecule has 2 heterocycles. The SMILES string of the molecule is OC(c1ccc(Cl)o1)c1csc2ccccc12. The van der Waals surface area contributed by atoms with E-state index in [0.717, 1.165) is 15.6 Å². The molecule has 3 rings (SSSR count). The molecule has 0 aliphatic heterocycles. The third-order valence-corrected chi connectivity index (χ3v) is 3.85. The molecule has 1 aromatic carbocycles. The van der Waals surface area contributed by atoms with Crippen LogP contribution in [-0.2, 0) is 0 Å². The Balaban J connectivity index is 2.09. The van der Waals surface area contributed by atoms with Gasteiger partial charge in [0.05, 0.1) is 0 Å². The number of aliphatic hydroxyl groups excluding tert-OH is 1. The van der Waals surface area contributed by atoms with Crippen molar-refractivity contribution in [2.45, 2.75) is 6.10 Å². The minimum absolute atomic E-state index is 0.290. The largest absolute Gasteiger partial charge is 0.447 e. The molecule has 86 valence electrons. The first-order chi connectivity index (χ1) is 8.25. The molecule has 0 aliphatic rings. The molecule has 1 unspecified atom stereocenters. The van der Waals surface area contributed by atoms with E-state index in [2.05, 4.69) is 0 Å². The lowest BCUT2D eigenvalue weighted by atomic mass is 10.1. The summed E-state index contributed by atoms with van der Waals surface area (Å²) in [6.07, 6.45) is -0.765. The van der Waals surface area contributed by atoms with E-state index in [4.69, 9.17) is 16.0 Å². The maximum atomic E-state index is 10.2. The van der Waals surface area contributed by atoms with E-state index in [9.17, 15) is 5.11 Å². The average molecular weight is 265 g/mol. The summed E-state index contributed by atoms with van der Waals surface area (Å²) in [6.45, 7) is 0. The summed E-state index contributed by atoms with van der Waals surface area (Å²) in [5, 5.41) is 13.5. The van der Waals surface area contributed by atoms with E-state index in [1.165, 1.54) is 0 Å². The Hall–Kier alpha value is -1.29. The highest BCUT2D eigenvalue weighted by Gasteiger charge is 2.18. The molecule has 2 nitrogen and oxygen atoms in total. The maximum absolute atomic E-state index is 10.2. The Morgan fingerprint density at radius 3 is 2.76 bits per heavy atom. The first-order valence-corrected chi connectivity index (χ1v) is 6.41. The van der Waals surface area contributed by atoms with Gasteiger partial charge in [0.1, 0.15) is 11.9 Å². The van der Waals surface area contributed by atoms with Crippen LogP contribution in [0.5, 0.6) is 0 Å². The molecular weight excluding hydrogens is 256 g/mol. The van der Waals surface area contributed by atoms with E-state index >= 15 is 0 Å². The summed E-state index contributed by atoms with van der Waals surface area (Å²) in [6, 6.07) is 11.3. The van der Waals surface area contributed by atoms with Crippen LogP contribution in [0.3, 0.4) is 0 Å². The number of fused-ring (bicyclic) bond motifs is 1. The topological polar surface area (TPSA) is 33.4 Å². The van der Waals surface area contributed by atoms with Crippen LogP contribution in [-0.4, -0.2) is 5.11 Å². The van der Waals surface area contributed by atoms with Gasteiger partial charge in [0, 0.05) is 10.3 Å². The second-order valence-electron chi connectivity index (χ2n) is 3.73. The van der Waals surface area contributed by atoms with Crippen molar-refractivity contribution in [3.63, 3.8) is 0 Å². The highest BCUT2D eigenvalue weighted by Crippen LogP contribution is 2.34. The second-order valence-corrected chi connectivity index (χ2v) is 5.02. The molecule has 0 radical (unpaired) electrons. The van der Waals surface area contributed by atoms with E-state index in [0.29, 0.717) is 11.0 Å². The quantitative estimate of drug-likeness (QED) is 0.751. The monoisotopic (exact) mass is 264 g/mol. The van der Waals surface area contributed by atoms with Gasteiger partial charge in [0.2, 0.25) is 0 Å². The van der Waals surface area contributed by atoms with Crippen molar-refractivity contribution in [1.82, 2.24) is 0 Å². The molecule has 2 aromatic heterocycles. The Morgan fingerprint density at radius 1 is 1.18 bits per heavy atom. The van der Waals surface area contributed by atoms with E-state index in [1.807, 2.05) is 29.6 Å². The molecule has 0 spiro atoms. The second kappa shape index (κ2) is 4.18. The molecule has 4 heteroatoms. The normalized spacial score (nSPS) is 13.1. The van der Waals surface area contributed by atoms with Crippen LogP contribution in [0.2, 0.25) is 5.22 Å². The van der Waals surface area contributed by atoms with Crippen LogP contribution in [0.1, 0.15) is 17.4 Å². The van der Waals surface area contributed by atoms with Gasteiger partial charge in [-0.3, -0.25) is 0 Å². The Kier molecular flexibility index (Phi) is 2.67. The third kappa shape index (κ3) is 1.86. The lowest BCUT2D eigenvalue weighted by Gasteiger charge is -2.06. The molecular formula is C13H9ClO2S. The van der Waals surface area contributed by atoms with Crippen LogP contribution < -0.4 is 0 Å². The Bertz CT molecular complexity index is 656. The maximum Gasteiger partial charge on any atom is 0.193 e. The standard InChI is InChI=1S/C13H9ClO2S/c14-12-6-5-10(16-12)13(15)9-7-17-11-4-2-1-3-8(9)11/h1-7,13,15H. The zero-order valence-electron chi connectivity index (χ0n) is 8.76. The van der Waals surface area contributed by atoms with E-state index in [1.54, 1.807) is 23.5 Å². The Morgan fingerprint density at radius 2 is 2.00 bits per heavy atom. The fraction of sp³-hybridized carbons (Fsp3) is 0.0769. The van der Waals surface area contributed by atoms with Crippen molar-refractivity contribution < 1.29 is 9.52 Å². The molecule has 0 bridgehead atoms. The van der Waals surface area contributed by atoms with Gasteiger partial charge in [-0.2, -0.15) is 0 Å². The van der Waals surface area contributed by atoms with Crippen molar-refractivity contribution in [1.29, 1.82) is 0 Å². The first kappa shape index (κ1) is 10.8. The first-order valence-electron chi connectivity index (χ1n) is 5.15. The molecule has 0 aliphatic carbocycles. The number of thiophene rings is 1. The molecule has 0 saturated heterocycles. The minimum Gasteiger partial charge on any atom is -0.447 e. The van der Waals surface area contributed by atoms with Crippen LogP contribution in [0, 0.1) is 0 Å². The van der Waals surface area contributed by atoms with E-state index < -0.39 is 6.10 Å². The molecule has 0 fully saturated rings. The van der Waals surface area contributed by atoms with Crippen LogP contribution >= 0.6 is 22.9 Å². The van der Waals surface area contributed by atoms with Gasteiger partial charge in [0.15, 0.2) is 5.22 Å². The van der Waals surface area contributed by atoms with Gasteiger partial charge in [-0.25, -0.2) is 0 Å². The summed E-state index contributed by atoms with van der Waals surface area (Å²) < 4.78 is 6.39. The van der Waals surface area contributed by atoms with Crippen molar-refractivity contribution >= 4 is 33.0 Å². The van der Waals surface area contributed by atoms with Crippen molar-refractivity contribution in [3.8, 4) is 0 Å². The number of hydrogen-bond acceptors (Lipinski definition) is 3. The average Bonchev–Trinajstić information content (AvgIpc) is 2.94. The van der Waals surface area contributed by atoms with Gasteiger partial charge in [-0.1, -0.05) is 18.2 Å². The van der Waals surface area contributed by atoms with Crippen LogP contribution in [0.15, 0.2) is 46.2 Å². The number of benzene rings is 1. The van der Waals surface area contributed by atoms with E-state index in [-0.39, 0.29) is 0 Å². The summed E-state index contributed by atoms with van der Waals surface area (Å²) in [5.41, 5.74) is 0.858. The number of aliphatic hydroxyl groups is 1. The summed E-state index contributed by atoms with van der Waals surface area (Å²) in [7, 11) is 0. The highest BCUT2D eigenvalue weighted by atomic mass is 35.5. The molecule has 0 amide bonds. The third-order valence-electron chi connectivity index (χ3n) is 2.67. The molecule has 17 heavy (non-hydrogen) atoms. The number of furan rings is 1. The highest BCUT2D eigenvalue weighted by molar-refractivity contribution is 7.17. The van der Waals surface area contributed by atoms with Crippen LogP contribution in [0.25, 0.3) is 10.1 Å². The van der Waals surface area contributed by atoms with Crippen molar-refractivity contribution in [2.24, 2.45) is 0 Å². The summed E-state index contributed by atoms with van der Waals surface area (Å²) in [4.78, 5) is 0. The minimum atomic E-state index is -0.765. The molecule has 1 N–H and O–H groups in total. The molecule has 0 saturated carbocycles. The number of hydrogen-bond donors (Lipinski definition) is 1. The van der Waals surface area contributed by atoms with Gasteiger partial charge >= 0.3 is 0 Å². The van der Waals surface area contributed by atoms with Gasteiger partial charge in [0.25, 0.3) is 0 Å². The fourth-order valence-corrected chi connectivity index (χ4v) is 2.97. The zero-order valence-corrected chi connectivity index (χ0v) is 10.3. The fourth-order valence-electron chi connectivity index (χ4n) is 1.84. The summed E-state index contributed by atoms with van der Waals surface area (Å²) >= 11 is 7.32. The number of halogens is 1. The summed E-state index contributed by atoms with van der Waals surface area (Å²) in [5.74, 6) is 0.471. The van der Waals surface area contributed by atoms with Crippen LogP contribution in [0.4, 0.5) is 0 Å². The molecule has 3 aromatic rings. The van der Waals surface area contributed by atoms with Gasteiger partial charge in [-0.05, 0) is 40.6 Å². The lowest BCUT2D eigenvalue weighted by molar-refractivity contribution is 0.191. The van der Waals surface area contributed by atoms with Gasteiger partial charge in [-0.15, -0.1) is 11.3 Å². The van der Waals surface area contributed by atoms with Crippen molar-refractivity contribution in [3.05, 3.63) is 58.3 Å². The van der Waals surface area contributed by atoms with Gasteiger partial charge < -0.3 is 9.52 Å². The smallest absolute Gasteiger partial charge is 0.193 e.